The number of nitrogens with zero attached hydrogens (tertiary/aromatic N) is 2. The number of hydrogen-bond acceptors (Lipinski definition) is 4. The highest BCUT2D eigenvalue weighted by Crippen LogP contribution is 2.30. The maximum atomic E-state index is 14.2. The van der Waals surface area contributed by atoms with Crippen molar-refractivity contribution >= 4 is 34.0 Å². The van der Waals surface area contributed by atoms with Crippen molar-refractivity contribution in [2.24, 2.45) is 0 Å². The summed E-state index contributed by atoms with van der Waals surface area (Å²) in [5.41, 5.74) is 1.68. The average Bonchev–Trinajstić information content (AvgIpc) is 3.39. The minimum atomic E-state index is -0.542. The molecular weight excluding hydrogens is 399 g/mol. The Balaban J connectivity index is 1.66. The van der Waals surface area contributed by atoms with Crippen molar-refractivity contribution in [2.45, 2.75) is 18.9 Å². The molecule has 1 fully saturated rings. The standard InChI is InChI=1S/C21H18ClFN2O2S/c22-15-9-7-14(8-10-15)19-13-28-21(24-19)25(12-16-4-3-11-27-16)20(26)17-5-1-2-6-18(17)23/h1-2,5-10,13,16H,3-4,11-12H2/t16-/m1/s1. The number of halogens is 2. The van der Waals surface area contributed by atoms with Gasteiger partial charge in [-0.1, -0.05) is 35.9 Å². The van der Waals surface area contributed by atoms with Gasteiger partial charge in [0.05, 0.1) is 23.9 Å². The molecule has 0 N–H and O–H groups in total. The van der Waals surface area contributed by atoms with Gasteiger partial charge in [-0.25, -0.2) is 9.37 Å². The Kier molecular flexibility index (Phi) is 5.71. The van der Waals surface area contributed by atoms with Crippen LogP contribution in [0.2, 0.25) is 5.02 Å². The van der Waals surface area contributed by atoms with E-state index in [2.05, 4.69) is 4.98 Å². The summed E-state index contributed by atoms with van der Waals surface area (Å²) in [7, 11) is 0. The first-order chi connectivity index (χ1) is 13.6. The van der Waals surface area contributed by atoms with E-state index >= 15 is 0 Å². The molecule has 1 aliphatic rings. The van der Waals surface area contributed by atoms with Crippen molar-refractivity contribution in [3.8, 4) is 11.3 Å². The summed E-state index contributed by atoms with van der Waals surface area (Å²) >= 11 is 7.31. The van der Waals surface area contributed by atoms with E-state index in [0.717, 1.165) is 24.1 Å². The molecule has 144 valence electrons. The van der Waals surface area contributed by atoms with E-state index in [4.69, 9.17) is 16.3 Å². The Bertz CT molecular complexity index is 971. The normalized spacial score (nSPS) is 16.3. The second-order valence-electron chi connectivity index (χ2n) is 6.55. The number of hydrogen-bond donors (Lipinski definition) is 0. The third-order valence-corrected chi connectivity index (χ3v) is 5.74. The first-order valence-electron chi connectivity index (χ1n) is 9.01. The zero-order valence-electron chi connectivity index (χ0n) is 15.0. The quantitative estimate of drug-likeness (QED) is 0.557. The predicted octanol–water partition coefficient (Wildman–Crippen LogP) is 5.43. The fraction of sp³-hybridized carbons (Fsp3) is 0.238. The van der Waals surface area contributed by atoms with Crippen LogP contribution >= 0.6 is 22.9 Å². The SMILES string of the molecule is O=C(c1ccccc1F)N(C[C@H]1CCCO1)c1nc(-c2ccc(Cl)cc2)cs1. The summed E-state index contributed by atoms with van der Waals surface area (Å²) in [4.78, 5) is 19.3. The number of benzene rings is 2. The van der Waals surface area contributed by atoms with Gasteiger partial charge in [-0.15, -0.1) is 11.3 Å². The van der Waals surface area contributed by atoms with Gasteiger partial charge in [0.2, 0.25) is 0 Å². The number of aromatic nitrogens is 1. The van der Waals surface area contributed by atoms with Crippen LogP contribution in [0.5, 0.6) is 0 Å². The zero-order valence-corrected chi connectivity index (χ0v) is 16.5. The van der Waals surface area contributed by atoms with Gasteiger partial charge in [0.15, 0.2) is 5.13 Å². The highest BCUT2D eigenvalue weighted by Gasteiger charge is 2.28. The third-order valence-electron chi connectivity index (χ3n) is 4.62. The molecular formula is C21H18ClFN2O2S. The average molecular weight is 417 g/mol. The number of anilines is 1. The van der Waals surface area contributed by atoms with Crippen molar-refractivity contribution in [3.05, 3.63) is 70.3 Å². The van der Waals surface area contributed by atoms with Crippen molar-refractivity contribution in [3.63, 3.8) is 0 Å². The number of carbonyl (C=O) groups is 1. The van der Waals surface area contributed by atoms with Crippen LogP contribution in [-0.2, 0) is 4.74 Å². The van der Waals surface area contributed by atoms with Crippen LogP contribution in [0, 0.1) is 5.82 Å². The van der Waals surface area contributed by atoms with E-state index in [0.29, 0.717) is 23.3 Å². The van der Waals surface area contributed by atoms with E-state index < -0.39 is 11.7 Å². The van der Waals surface area contributed by atoms with Gasteiger partial charge < -0.3 is 4.74 Å². The van der Waals surface area contributed by atoms with E-state index in [1.807, 2.05) is 17.5 Å². The van der Waals surface area contributed by atoms with Crippen LogP contribution in [0.15, 0.2) is 53.9 Å². The molecule has 1 aromatic heterocycles. The molecule has 2 heterocycles. The number of carbonyl (C=O) groups excluding carboxylic acids is 1. The summed E-state index contributed by atoms with van der Waals surface area (Å²) in [6.45, 7) is 1.03. The highest BCUT2D eigenvalue weighted by atomic mass is 35.5. The second-order valence-corrected chi connectivity index (χ2v) is 7.83. The molecule has 4 nitrogen and oxygen atoms in total. The predicted molar refractivity (Wildman–Crippen MR) is 110 cm³/mol. The monoisotopic (exact) mass is 416 g/mol. The molecule has 1 aliphatic heterocycles. The van der Waals surface area contributed by atoms with Crippen LogP contribution in [0.25, 0.3) is 11.3 Å². The molecule has 0 aliphatic carbocycles. The van der Waals surface area contributed by atoms with Crippen molar-refractivity contribution in [1.29, 1.82) is 0 Å². The Morgan fingerprint density at radius 1 is 1.25 bits per heavy atom. The molecule has 0 unspecified atom stereocenters. The van der Waals surface area contributed by atoms with Gasteiger partial charge in [0.25, 0.3) is 5.91 Å². The molecule has 1 amide bonds. The van der Waals surface area contributed by atoms with Crippen LogP contribution in [0.4, 0.5) is 9.52 Å². The smallest absolute Gasteiger partial charge is 0.263 e. The highest BCUT2D eigenvalue weighted by molar-refractivity contribution is 7.14. The Hall–Kier alpha value is -2.28. The molecule has 0 saturated carbocycles. The molecule has 1 saturated heterocycles. The molecule has 3 aromatic rings. The molecule has 2 aromatic carbocycles. The fourth-order valence-electron chi connectivity index (χ4n) is 3.16. The maximum Gasteiger partial charge on any atom is 0.263 e. The lowest BCUT2D eigenvalue weighted by molar-refractivity contribution is 0.0914. The minimum absolute atomic E-state index is 0.0312. The molecule has 0 spiro atoms. The molecule has 28 heavy (non-hydrogen) atoms. The zero-order chi connectivity index (χ0) is 19.5. The topological polar surface area (TPSA) is 42.4 Å². The first-order valence-corrected chi connectivity index (χ1v) is 10.3. The lowest BCUT2D eigenvalue weighted by atomic mass is 10.1. The summed E-state index contributed by atoms with van der Waals surface area (Å²) in [5, 5.41) is 3.05. The Labute approximate surface area is 171 Å². The first kappa shape index (κ1) is 19.1. The minimum Gasteiger partial charge on any atom is -0.376 e. The largest absolute Gasteiger partial charge is 0.376 e. The third kappa shape index (κ3) is 4.09. The van der Waals surface area contributed by atoms with E-state index in [1.54, 1.807) is 24.3 Å². The summed E-state index contributed by atoms with van der Waals surface area (Å²) in [6.07, 6.45) is 1.76. The summed E-state index contributed by atoms with van der Waals surface area (Å²) in [6, 6.07) is 13.4. The van der Waals surface area contributed by atoms with Gasteiger partial charge in [-0.2, -0.15) is 0 Å². The molecule has 4 rings (SSSR count). The van der Waals surface area contributed by atoms with E-state index in [1.165, 1.54) is 28.4 Å². The molecule has 7 heteroatoms. The number of rotatable bonds is 5. The van der Waals surface area contributed by atoms with Gasteiger partial charge in [-0.3, -0.25) is 9.69 Å². The Morgan fingerprint density at radius 2 is 2.04 bits per heavy atom. The van der Waals surface area contributed by atoms with Gasteiger partial charge >= 0.3 is 0 Å². The second kappa shape index (κ2) is 8.39. The van der Waals surface area contributed by atoms with Crippen molar-refractivity contribution in [2.75, 3.05) is 18.1 Å². The summed E-state index contributed by atoms with van der Waals surface area (Å²) < 4.78 is 19.9. The number of amides is 1. The van der Waals surface area contributed by atoms with Crippen LogP contribution in [0.1, 0.15) is 23.2 Å². The maximum absolute atomic E-state index is 14.2. The van der Waals surface area contributed by atoms with E-state index in [9.17, 15) is 9.18 Å². The number of thiazole rings is 1. The van der Waals surface area contributed by atoms with Crippen LogP contribution < -0.4 is 4.90 Å². The lowest BCUT2D eigenvalue weighted by Crippen LogP contribution is -2.38. The molecule has 1 atom stereocenters. The molecule has 0 bridgehead atoms. The summed E-state index contributed by atoms with van der Waals surface area (Å²) in [5.74, 6) is -0.954. The van der Waals surface area contributed by atoms with Gasteiger partial charge in [0, 0.05) is 22.6 Å². The lowest BCUT2D eigenvalue weighted by Gasteiger charge is -2.23. The van der Waals surface area contributed by atoms with Crippen LogP contribution in [0.3, 0.4) is 0 Å². The Morgan fingerprint density at radius 3 is 2.75 bits per heavy atom. The molecule has 0 radical (unpaired) electrons. The van der Waals surface area contributed by atoms with Crippen molar-refractivity contribution in [1.82, 2.24) is 4.98 Å². The van der Waals surface area contributed by atoms with Crippen molar-refractivity contribution < 1.29 is 13.9 Å². The number of ether oxygens (including phenoxy) is 1. The van der Waals surface area contributed by atoms with Crippen LogP contribution in [-0.4, -0.2) is 30.1 Å². The van der Waals surface area contributed by atoms with Gasteiger partial charge in [0.1, 0.15) is 5.82 Å². The van der Waals surface area contributed by atoms with E-state index in [-0.39, 0.29) is 11.7 Å². The van der Waals surface area contributed by atoms with Gasteiger partial charge in [-0.05, 0) is 37.1 Å². The fourth-order valence-corrected chi connectivity index (χ4v) is 4.13.